The average Bonchev–Trinajstić information content (AvgIpc) is 2.71. The van der Waals surface area contributed by atoms with Crippen LogP contribution in [0.25, 0.3) is 0 Å². The number of rotatable bonds is 10. The highest BCUT2D eigenvalue weighted by molar-refractivity contribution is 6.30. The first kappa shape index (κ1) is 20.9. The molecule has 5 heteroatoms. The van der Waals surface area contributed by atoms with Gasteiger partial charge >= 0.3 is 0 Å². The van der Waals surface area contributed by atoms with E-state index >= 15 is 0 Å². The van der Waals surface area contributed by atoms with Crippen LogP contribution < -0.4 is 9.47 Å². The summed E-state index contributed by atoms with van der Waals surface area (Å²) in [6, 6.07) is 22.4. The van der Waals surface area contributed by atoms with Gasteiger partial charge in [-0.15, -0.1) is 0 Å². The van der Waals surface area contributed by atoms with Gasteiger partial charge in [0.2, 0.25) is 0 Å². The van der Waals surface area contributed by atoms with Crippen LogP contribution >= 0.6 is 11.6 Å². The summed E-state index contributed by atoms with van der Waals surface area (Å²) in [5.74, 6) is 2.00. The van der Waals surface area contributed by atoms with Crippen LogP contribution in [0, 0.1) is 0 Å². The van der Waals surface area contributed by atoms with Crippen molar-refractivity contribution in [1.82, 2.24) is 0 Å². The van der Waals surface area contributed by atoms with Gasteiger partial charge in [-0.1, -0.05) is 48.0 Å². The molecular weight excluding hydrogens is 388 g/mol. The highest BCUT2D eigenvalue weighted by Gasteiger charge is 2.12. The van der Waals surface area contributed by atoms with Crippen LogP contribution in [-0.4, -0.2) is 26.1 Å². The molecule has 0 aliphatic rings. The van der Waals surface area contributed by atoms with Gasteiger partial charge in [0, 0.05) is 25.0 Å². The smallest absolute Gasteiger partial charge is 0.169 e. The standard InChI is InChI=1S/C24H23ClO4/c1-27-12-13-28-24-17-19(10-11-23(24)29-22-8-3-2-4-9-22)16-21(26)15-18-6-5-7-20(25)14-18/h2-11,14,17H,12-13,15-16H2,1H3. The van der Waals surface area contributed by atoms with Gasteiger partial charge in [-0.2, -0.15) is 0 Å². The van der Waals surface area contributed by atoms with Gasteiger partial charge in [-0.05, 0) is 47.5 Å². The fourth-order valence-corrected chi connectivity index (χ4v) is 3.09. The van der Waals surface area contributed by atoms with E-state index in [-0.39, 0.29) is 5.78 Å². The van der Waals surface area contributed by atoms with Crippen LogP contribution in [0.1, 0.15) is 11.1 Å². The Labute approximate surface area is 176 Å². The molecule has 0 aliphatic carbocycles. The van der Waals surface area contributed by atoms with Gasteiger partial charge in [0.1, 0.15) is 18.1 Å². The second-order valence-corrected chi connectivity index (χ2v) is 7.00. The number of benzene rings is 3. The second-order valence-electron chi connectivity index (χ2n) is 6.56. The lowest BCUT2D eigenvalue weighted by Crippen LogP contribution is -2.08. The number of hydrogen-bond donors (Lipinski definition) is 0. The third kappa shape index (κ3) is 6.63. The van der Waals surface area contributed by atoms with Crippen LogP contribution in [0.2, 0.25) is 5.02 Å². The van der Waals surface area contributed by atoms with Crippen molar-refractivity contribution >= 4 is 17.4 Å². The predicted molar refractivity (Wildman–Crippen MR) is 114 cm³/mol. The number of Topliss-reactive ketones (excluding diaryl/α,β-unsaturated/α-hetero) is 1. The lowest BCUT2D eigenvalue weighted by molar-refractivity contribution is -0.117. The Hall–Kier alpha value is -2.82. The molecule has 0 bridgehead atoms. The minimum Gasteiger partial charge on any atom is -0.487 e. The highest BCUT2D eigenvalue weighted by Crippen LogP contribution is 2.33. The molecule has 3 aromatic carbocycles. The van der Waals surface area contributed by atoms with E-state index in [1.807, 2.05) is 66.7 Å². The van der Waals surface area contributed by atoms with Gasteiger partial charge in [0.25, 0.3) is 0 Å². The van der Waals surface area contributed by atoms with Crippen molar-refractivity contribution in [2.75, 3.05) is 20.3 Å². The van der Waals surface area contributed by atoms with Crippen molar-refractivity contribution < 1.29 is 19.0 Å². The van der Waals surface area contributed by atoms with Crippen molar-refractivity contribution in [3.05, 3.63) is 88.9 Å². The van der Waals surface area contributed by atoms with Crippen LogP contribution in [-0.2, 0) is 22.4 Å². The SMILES string of the molecule is COCCOc1cc(CC(=O)Cc2cccc(Cl)c2)ccc1Oc1ccccc1. The largest absolute Gasteiger partial charge is 0.487 e. The van der Waals surface area contributed by atoms with Crippen molar-refractivity contribution in [3.8, 4) is 17.2 Å². The molecule has 0 aliphatic heterocycles. The first-order valence-corrected chi connectivity index (χ1v) is 9.75. The van der Waals surface area contributed by atoms with Crippen molar-refractivity contribution in [2.24, 2.45) is 0 Å². The summed E-state index contributed by atoms with van der Waals surface area (Å²) in [6.45, 7) is 0.851. The van der Waals surface area contributed by atoms with Crippen LogP contribution in [0.4, 0.5) is 0 Å². The molecule has 3 rings (SSSR count). The molecule has 0 radical (unpaired) electrons. The van der Waals surface area contributed by atoms with E-state index in [2.05, 4.69) is 0 Å². The number of para-hydroxylation sites is 1. The number of ketones is 1. The summed E-state index contributed by atoms with van der Waals surface area (Å²) < 4.78 is 16.8. The van der Waals surface area contributed by atoms with Gasteiger partial charge in [-0.25, -0.2) is 0 Å². The Morgan fingerprint density at radius 2 is 1.59 bits per heavy atom. The zero-order valence-electron chi connectivity index (χ0n) is 16.3. The molecule has 0 heterocycles. The van der Waals surface area contributed by atoms with Gasteiger partial charge in [0.15, 0.2) is 11.5 Å². The summed E-state index contributed by atoms with van der Waals surface area (Å²) in [7, 11) is 1.62. The molecule has 150 valence electrons. The summed E-state index contributed by atoms with van der Waals surface area (Å²) in [4.78, 5) is 12.5. The summed E-state index contributed by atoms with van der Waals surface area (Å²) >= 11 is 6.00. The molecule has 3 aromatic rings. The number of carbonyl (C=O) groups is 1. The Balaban J connectivity index is 1.72. The number of hydrogen-bond acceptors (Lipinski definition) is 4. The van der Waals surface area contributed by atoms with Crippen LogP contribution in [0.15, 0.2) is 72.8 Å². The number of ether oxygens (including phenoxy) is 3. The minimum atomic E-state index is 0.104. The van der Waals surface area contributed by atoms with E-state index in [0.29, 0.717) is 48.3 Å². The topological polar surface area (TPSA) is 44.8 Å². The molecule has 0 aromatic heterocycles. The van der Waals surface area contributed by atoms with Gasteiger partial charge in [0.05, 0.1) is 6.61 Å². The Kier molecular flexibility index (Phi) is 7.68. The number of methoxy groups -OCH3 is 1. The van der Waals surface area contributed by atoms with Crippen molar-refractivity contribution in [2.45, 2.75) is 12.8 Å². The molecule has 0 saturated heterocycles. The monoisotopic (exact) mass is 410 g/mol. The molecule has 29 heavy (non-hydrogen) atoms. The molecule has 0 N–H and O–H groups in total. The third-order valence-electron chi connectivity index (χ3n) is 4.22. The summed E-state index contributed by atoms with van der Waals surface area (Å²) in [6.07, 6.45) is 0.640. The van der Waals surface area contributed by atoms with E-state index in [9.17, 15) is 4.79 Å². The maximum absolute atomic E-state index is 12.5. The highest BCUT2D eigenvalue weighted by atomic mass is 35.5. The van der Waals surface area contributed by atoms with Gasteiger partial charge < -0.3 is 14.2 Å². The molecule has 0 atom stereocenters. The third-order valence-corrected chi connectivity index (χ3v) is 4.45. The Bertz CT molecular complexity index is 941. The maximum Gasteiger partial charge on any atom is 0.169 e. The van der Waals surface area contributed by atoms with E-state index in [4.69, 9.17) is 25.8 Å². The first-order valence-electron chi connectivity index (χ1n) is 9.38. The number of halogens is 1. The molecule has 0 spiro atoms. The summed E-state index contributed by atoms with van der Waals surface area (Å²) in [5.41, 5.74) is 1.77. The molecule has 0 fully saturated rings. The van der Waals surface area contributed by atoms with Crippen molar-refractivity contribution in [1.29, 1.82) is 0 Å². The van der Waals surface area contributed by atoms with E-state index in [1.54, 1.807) is 13.2 Å². The molecule has 0 amide bonds. The summed E-state index contributed by atoms with van der Waals surface area (Å²) in [5, 5.41) is 0.631. The van der Waals surface area contributed by atoms with Crippen LogP contribution in [0.5, 0.6) is 17.2 Å². The molecule has 4 nitrogen and oxygen atoms in total. The number of carbonyl (C=O) groups excluding carboxylic acids is 1. The molecule has 0 saturated carbocycles. The fourth-order valence-electron chi connectivity index (χ4n) is 2.87. The fraction of sp³-hybridized carbons (Fsp3) is 0.208. The average molecular weight is 411 g/mol. The molecule has 0 unspecified atom stereocenters. The van der Waals surface area contributed by atoms with E-state index in [1.165, 1.54) is 0 Å². The maximum atomic E-state index is 12.5. The van der Waals surface area contributed by atoms with Crippen LogP contribution in [0.3, 0.4) is 0 Å². The quantitative estimate of drug-likeness (QED) is 0.413. The molecular formula is C24H23ClO4. The second kappa shape index (κ2) is 10.6. The van der Waals surface area contributed by atoms with E-state index in [0.717, 1.165) is 11.1 Å². The Morgan fingerprint density at radius 1 is 0.828 bits per heavy atom. The normalized spacial score (nSPS) is 10.6. The minimum absolute atomic E-state index is 0.104. The zero-order valence-corrected chi connectivity index (χ0v) is 17.0. The first-order chi connectivity index (χ1) is 14.1. The van der Waals surface area contributed by atoms with Crippen molar-refractivity contribution in [3.63, 3.8) is 0 Å². The zero-order chi connectivity index (χ0) is 20.5. The predicted octanol–water partition coefficient (Wildman–Crippen LogP) is 5.51. The lowest BCUT2D eigenvalue weighted by atomic mass is 10.0. The Morgan fingerprint density at radius 3 is 2.31 bits per heavy atom. The van der Waals surface area contributed by atoms with E-state index < -0.39 is 0 Å². The lowest BCUT2D eigenvalue weighted by Gasteiger charge is -2.14. The van der Waals surface area contributed by atoms with Gasteiger partial charge in [-0.3, -0.25) is 4.79 Å².